The fourth-order valence-electron chi connectivity index (χ4n) is 4.38. The van der Waals surface area contributed by atoms with Crippen LogP contribution in [0.2, 0.25) is 0 Å². The first kappa shape index (κ1) is 22.0. The van der Waals surface area contributed by atoms with Gasteiger partial charge in [-0.3, -0.25) is 0 Å². The third kappa shape index (κ3) is 4.70. The van der Waals surface area contributed by atoms with Crippen LogP contribution in [0.5, 0.6) is 0 Å². The van der Waals surface area contributed by atoms with Gasteiger partial charge in [-0.15, -0.1) is 0 Å². The molecule has 1 fully saturated rings. The van der Waals surface area contributed by atoms with Crippen LogP contribution in [-0.4, -0.2) is 39.4 Å². The third-order valence-electron chi connectivity index (χ3n) is 6.01. The van der Waals surface area contributed by atoms with Gasteiger partial charge < -0.3 is 18.8 Å². The number of aromatic nitrogens is 3. The van der Waals surface area contributed by atoms with E-state index in [0.717, 1.165) is 48.6 Å². The number of benzene rings is 1. The minimum Gasteiger partial charge on any atom is -0.375 e. The summed E-state index contributed by atoms with van der Waals surface area (Å²) in [5.74, 6) is 0.152. The van der Waals surface area contributed by atoms with E-state index in [9.17, 15) is 4.79 Å². The number of carbonyl (C=O) groups excluding carboxylic acids is 1. The fourth-order valence-corrected chi connectivity index (χ4v) is 4.38. The molecule has 31 heavy (non-hydrogen) atoms. The molecule has 1 aliphatic rings. The summed E-state index contributed by atoms with van der Waals surface area (Å²) in [5, 5.41) is 6.95. The van der Waals surface area contributed by atoms with Gasteiger partial charge in [0.1, 0.15) is 6.29 Å². The first-order valence-corrected chi connectivity index (χ1v) is 11.5. The highest BCUT2D eigenvalue weighted by Crippen LogP contribution is 2.32. The van der Waals surface area contributed by atoms with Gasteiger partial charge in [-0.1, -0.05) is 13.8 Å². The molecule has 0 saturated carbocycles. The van der Waals surface area contributed by atoms with Crippen molar-refractivity contribution >= 4 is 28.1 Å². The van der Waals surface area contributed by atoms with E-state index in [1.54, 1.807) is 0 Å². The lowest BCUT2D eigenvalue weighted by atomic mass is 10.1. The molecule has 168 valence electrons. The van der Waals surface area contributed by atoms with Crippen LogP contribution in [0.3, 0.4) is 0 Å². The molecule has 2 aromatic heterocycles. The standard InChI is InChI=1S/C25H35N3O3/c1-17(2)21-11-19-10-20-13-26-28(24-8-6-7-9-30-24)23(20)12-22(19)27(21)14-18(15-29)16-31-25(3,4)5/h10-13,15,17-18,24H,6-9,14,16H2,1-5H3. The summed E-state index contributed by atoms with van der Waals surface area (Å²) in [6.07, 6.45) is 6.23. The lowest BCUT2D eigenvalue weighted by Crippen LogP contribution is -2.27. The van der Waals surface area contributed by atoms with E-state index in [2.05, 4.69) is 41.7 Å². The Balaban J connectivity index is 1.74. The SMILES string of the molecule is CC(C)c1cc2cc3cnn(C4CCCCO4)c3cc2n1CC(C=O)COC(C)(C)C. The van der Waals surface area contributed by atoms with E-state index in [1.165, 1.54) is 11.1 Å². The highest BCUT2D eigenvalue weighted by atomic mass is 16.5. The third-order valence-corrected chi connectivity index (χ3v) is 6.01. The predicted molar refractivity (Wildman–Crippen MR) is 123 cm³/mol. The Morgan fingerprint density at radius 3 is 2.65 bits per heavy atom. The highest BCUT2D eigenvalue weighted by molar-refractivity contribution is 5.96. The Bertz CT molecular complexity index is 1050. The van der Waals surface area contributed by atoms with Crippen molar-refractivity contribution in [3.63, 3.8) is 0 Å². The summed E-state index contributed by atoms with van der Waals surface area (Å²) in [6.45, 7) is 12.3. The maximum absolute atomic E-state index is 11.9. The molecule has 1 aromatic carbocycles. The second-order valence-electron chi connectivity index (χ2n) is 10.0. The van der Waals surface area contributed by atoms with Crippen LogP contribution in [0, 0.1) is 5.92 Å². The Kier molecular flexibility index (Phi) is 6.22. The lowest BCUT2D eigenvalue weighted by molar-refractivity contribution is -0.115. The van der Waals surface area contributed by atoms with Crippen LogP contribution in [0.25, 0.3) is 21.8 Å². The van der Waals surface area contributed by atoms with E-state index >= 15 is 0 Å². The Hall–Kier alpha value is -2.18. The van der Waals surface area contributed by atoms with Crippen molar-refractivity contribution in [1.29, 1.82) is 0 Å². The zero-order valence-electron chi connectivity index (χ0n) is 19.4. The molecule has 0 radical (unpaired) electrons. The predicted octanol–water partition coefficient (Wildman–Crippen LogP) is 5.44. The molecule has 0 spiro atoms. The summed E-state index contributed by atoms with van der Waals surface area (Å²) in [7, 11) is 0. The van der Waals surface area contributed by atoms with Crippen LogP contribution in [-0.2, 0) is 20.8 Å². The van der Waals surface area contributed by atoms with Gasteiger partial charge in [0.15, 0.2) is 6.23 Å². The largest absolute Gasteiger partial charge is 0.375 e. The molecular weight excluding hydrogens is 390 g/mol. The Morgan fingerprint density at radius 2 is 2.00 bits per heavy atom. The quantitative estimate of drug-likeness (QED) is 0.473. The van der Waals surface area contributed by atoms with Crippen molar-refractivity contribution in [3.8, 4) is 0 Å². The Labute approximate surface area is 184 Å². The molecule has 0 amide bonds. The monoisotopic (exact) mass is 425 g/mol. The molecule has 1 aliphatic heterocycles. The summed E-state index contributed by atoms with van der Waals surface area (Å²) in [5.41, 5.74) is 3.19. The normalized spacial score (nSPS) is 18.8. The van der Waals surface area contributed by atoms with Gasteiger partial charge in [0.25, 0.3) is 0 Å². The van der Waals surface area contributed by atoms with Crippen molar-refractivity contribution in [2.24, 2.45) is 5.92 Å². The van der Waals surface area contributed by atoms with Crippen molar-refractivity contribution in [3.05, 3.63) is 30.1 Å². The first-order chi connectivity index (χ1) is 14.8. The van der Waals surface area contributed by atoms with Crippen molar-refractivity contribution in [2.45, 2.75) is 78.2 Å². The van der Waals surface area contributed by atoms with E-state index in [4.69, 9.17) is 9.47 Å². The van der Waals surface area contributed by atoms with Crippen LogP contribution >= 0.6 is 0 Å². The van der Waals surface area contributed by atoms with Crippen LogP contribution in [0.15, 0.2) is 24.4 Å². The second-order valence-corrected chi connectivity index (χ2v) is 10.0. The maximum Gasteiger partial charge on any atom is 0.150 e. The topological polar surface area (TPSA) is 58.3 Å². The zero-order chi connectivity index (χ0) is 22.2. The smallest absolute Gasteiger partial charge is 0.150 e. The molecular formula is C25H35N3O3. The maximum atomic E-state index is 11.9. The number of aldehydes is 1. The van der Waals surface area contributed by atoms with Crippen molar-refractivity contribution in [1.82, 2.24) is 14.3 Å². The van der Waals surface area contributed by atoms with Crippen LogP contribution in [0.4, 0.5) is 0 Å². The molecule has 3 heterocycles. The Morgan fingerprint density at radius 1 is 1.19 bits per heavy atom. The van der Waals surface area contributed by atoms with Gasteiger partial charge in [0.05, 0.1) is 35.4 Å². The number of nitrogens with zero attached hydrogens (tertiary/aromatic N) is 3. The molecule has 6 heteroatoms. The number of carbonyl (C=O) groups is 1. The second kappa shape index (κ2) is 8.75. The zero-order valence-corrected chi connectivity index (χ0v) is 19.4. The molecule has 6 nitrogen and oxygen atoms in total. The number of rotatable bonds is 7. The molecule has 3 aromatic rings. The molecule has 2 unspecified atom stereocenters. The molecule has 0 aliphatic carbocycles. The highest BCUT2D eigenvalue weighted by Gasteiger charge is 2.22. The average Bonchev–Trinajstić information content (AvgIpc) is 3.30. The minimum absolute atomic E-state index is 0.000379. The molecule has 0 N–H and O–H groups in total. The first-order valence-electron chi connectivity index (χ1n) is 11.5. The minimum atomic E-state index is -0.264. The number of fused-ring (bicyclic) bond motifs is 2. The van der Waals surface area contributed by atoms with Gasteiger partial charge in [-0.05, 0) is 64.2 Å². The fraction of sp³-hybridized carbons (Fsp3) is 0.600. The summed E-state index contributed by atoms with van der Waals surface area (Å²) >= 11 is 0. The van der Waals surface area contributed by atoms with Crippen molar-refractivity contribution in [2.75, 3.05) is 13.2 Å². The van der Waals surface area contributed by atoms with Crippen LogP contribution in [0.1, 0.15) is 71.7 Å². The van der Waals surface area contributed by atoms with Gasteiger partial charge >= 0.3 is 0 Å². The van der Waals surface area contributed by atoms with E-state index in [1.807, 2.05) is 31.6 Å². The molecule has 2 atom stereocenters. The van der Waals surface area contributed by atoms with Crippen LogP contribution < -0.4 is 0 Å². The van der Waals surface area contributed by atoms with Gasteiger partial charge in [-0.2, -0.15) is 5.10 Å². The van der Waals surface area contributed by atoms with Gasteiger partial charge in [0.2, 0.25) is 0 Å². The number of ether oxygens (including phenoxy) is 2. The van der Waals surface area contributed by atoms with E-state index in [0.29, 0.717) is 19.1 Å². The molecule has 0 bridgehead atoms. The van der Waals surface area contributed by atoms with Crippen molar-refractivity contribution < 1.29 is 14.3 Å². The summed E-state index contributed by atoms with van der Waals surface area (Å²) in [6, 6.07) is 6.68. The summed E-state index contributed by atoms with van der Waals surface area (Å²) in [4.78, 5) is 11.9. The molecule has 4 rings (SSSR count). The van der Waals surface area contributed by atoms with E-state index < -0.39 is 0 Å². The number of hydrogen-bond acceptors (Lipinski definition) is 4. The average molecular weight is 426 g/mol. The lowest BCUT2D eigenvalue weighted by Gasteiger charge is -2.24. The summed E-state index contributed by atoms with van der Waals surface area (Å²) < 4.78 is 16.2. The van der Waals surface area contributed by atoms with E-state index in [-0.39, 0.29) is 17.7 Å². The molecule has 1 saturated heterocycles. The number of hydrogen-bond donors (Lipinski definition) is 0. The van der Waals surface area contributed by atoms with Gasteiger partial charge in [0, 0.05) is 29.6 Å². The van der Waals surface area contributed by atoms with Gasteiger partial charge in [-0.25, -0.2) is 4.68 Å².